The van der Waals surface area contributed by atoms with Crippen LogP contribution in [0.1, 0.15) is 84.5 Å². The van der Waals surface area contributed by atoms with Crippen molar-refractivity contribution in [3.63, 3.8) is 0 Å². The van der Waals surface area contributed by atoms with Crippen molar-refractivity contribution in [3.05, 3.63) is 24.3 Å². The quantitative estimate of drug-likeness (QED) is 0.349. The maximum atomic E-state index is 9.00. The number of carboxylic acids is 1. The molecule has 0 aromatic heterocycles. The molecule has 0 amide bonds. The average molecular weight is 312 g/mol. The topological polar surface area (TPSA) is 57.5 Å². The number of aliphatic hydroxyl groups excluding tert-OH is 1. The van der Waals surface area contributed by atoms with Crippen LogP contribution in [0.25, 0.3) is 0 Å². The van der Waals surface area contributed by atoms with Crippen LogP contribution in [0.4, 0.5) is 0 Å². The van der Waals surface area contributed by atoms with E-state index in [1.807, 2.05) is 0 Å². The molecule has 22 heavy (non-hydrogen) atoms. The average Bonchev–Trinajstić information content (AvgIpc) is 2.47. The first-order chi connectivity index (χ1) is 10.6. The summed E-state index contributed by atoms with van der Waals surface area (Å²) in [5, 5.41) is 16.1. The first-order valence-electron chi connectivity index (χ1n) is 8.77. The van der Waals surface area contributed by atoms with Crippen LogP contribution in [-0.4, -0.2) is 22.8 Å². The minimum atomic E-state index is -0.833. The third-order valence-corrected chi connectivity index (χ3v) is 3.14. The van der Waals surface area contributed by atoms with E-state index in [0.29, 0.717) is 6.61 Å². The zero-order valence-corrected chi connectivity index (χ0v) is 14.6. The molecule has 0 rings (SSSR count). The second kappa shape index (κ2) is 22.2. The van der Waals surface area contributed by atoms with Crippen LogP contribution < -0.4 is 0 Å². The summed E-state index contributed by atoms with van der Waals surface area (Å²) in [6.07, 6.45) is 22.8. The number of rotatable bonds is 13. The number of hydrogen-bond donors (Lipinski definition) is 2. The predicted molar refractivity (Wildman–Crippen MR) is 95.1 cm³/mol. The minimum Gasteiger partial charge on any atom is -0.481 e. The highest BCUT2D eigenvalue weighted by Crippen LogP contribution is 2.08. The molecule has 0 bridgehead atoms. The van der Waals surface area contributed by atoms with Gasteiger partial charge in [-0.25, -0.2) is 0 Å². The molecule has 0 aliphatic carbocycles. The lowest BCUT2D eigenvalue weighted by molar-refractivity contribution is -0.134. The Morgan fingerprint density at radius 1 is 0.818 bits per heavy atom. The van der Waals surface area contributed by atoms with Gasteiger partial charge >= 0.3 is 0 Å². The van der Waals surface area contributed by atoms with E-state index in [1.54, 1.807) is 0 Å². The van der Waals surface area contributed by atoms with Gasteiger partial charge in [-0.05, 0) is 25.7 Å². The number of hydrogen-bond acceptors (Lipinski definition) is 2. The number of carbonyl (C=O) groups is 1. The molecule has 0 aliphatic heterocycles. The molecule has 0 radical (unpaired) electrons. The fraction of sp³-hybridized carbons (Fsp3) is 0.737. The second-order valence-electron chi connectivity index (χ2n) is 5.50. The number of aliphatic hydroxyl groups is 1. The van der Waals surface area contributed by atoms with E-state index in [4.69, 9.17) is 15.0 Å². The molecule has 130 valence electrons. The van der Waals surface area contributed by atoms with Gasteiger partial charge < -0.3 is 10.2 Å². The van der Waals surface area contributed by atoms with Gasteiger partial charge in [-0.15, -0.1) is 0 Å². The normalized spacial score (nSPS) is 10.9. The van der Waals surface area contributed by atoms with Crippen LogP contribution in [0.3, 0.4) is 0 Å². The Labute approximate surface area is 137 Å². The zero-order valence-electron chi connectivity index (χ0n) is 14.6. The Hall–Kier alpha value is -1.09. The molecule has 0 unspecified atom stereocenters. The molecule has 0 aliphatic rings. The largest absolute Gasteiger partial charge is 0.481 e. The molecule has 0 aromatic carbocycles. The summed E-state index contributed by atoms with van der Waals surface area (Å²) in [6.45, 7) is 3.67. The summed E-state index contributed by atoms with van der Waals surface area (Å²) in [5.41, 5.74) is 0. The number of aliphatic carboxylic acids is 1. The molecule has 0 aromatic rings. The van der Waals surface area contributed by atoms with Gasteiger partial charge in [0.25, 0.3) is 5.97 Å². The summed E-state index contributed by atoms with van der Waals surface area (Å²) in [5.74, 6) is -0.833. The van der Waals surface area contributed by atoms with Crippen molar-refractivity contribution in [2.45, 2.75) is 84.5 Å². The molecule has 0 saturated carbocycles. The Balaban J connectivity index is 0. The van der Waals surface area contributed by atoms with Gasteiger partial charge in [-0.3, -0.25) is 4.79 Å². The number of carboxylic acid groups (broad SMARTS) is 1. The maximum absolute atomic E-state index is 9.00. The van der Waals surface area contributed by atoms with Crippen LogP contribution in [-0.2, 0) is 4.79 Å². The fourth-order valence-electron chi connectivity index (χ4n) is 1.93. The first-order valence-corrected chi connectivity index (χ1v) is 8.77. The second-order valence-corrected chi connectivity index (χ2v) is 5.50. The van der Waals surface area contributed by atoms with E-state index in [2.05, 4.69) is 31.2 Å². The molecule has 3 heteroatoms. The molecule has 2 N–H and O–H groups in total. The van der Waals surface area contributed by atoms with E-state index < -0.39 is 5.97 Å². The van der Waals surface area contributed by atoms with E-state index >= 15 is 0 Å². The Morgan fingerprint density at radius 2 is 1.23 bits per heavy atom. The SMILES string of the molecule is CC(=O)O.CCCCC=CC=CCCCCCCCCCO. The van der Waals surface area contributed by atoms with Crippen molar-refractivity contribution < 1.29 is 15.0 Å². The predicted octanol–water partition coefficient (Wildman–Crippen LogP) is 5.49. The molecule has 0 atom stereocenters. The van der Waals surface area contributed by atoms with Crippen molar-refractivity contribution >= 4 is 5.97 Å². The first kappa shape index (κ1) is 23.2. The van der Waals surface area contributed by atoms with E-state index in [-0.39, 0.29) is 0 Å². The number of allylic oxidation sites excluding steroid dienone is 4. The van der Waals surface area contributed by atoms with Crippen LogP contribution >= 0.6 is 0 Å². The van der Waals surface area contributed by atoms with E-state index in [1.165, 1.54) is 64.2 Å². The lowest BCUT2D eigenvalue weighted by atomic mass is 10.1. The van der Waals surface area contributed by atoms with Gasteiger partial charge in [0.05, 0.1) is 0 Å². The van der Waals surface area contributed by atoms with Gasteiger partial charge in [0.1, 0.15) is 0 Å². The van der Waals surface area contributed by atoms with Crippen molar-refractivity contribution in [1.29, 1.82) is 0 Å². The molecule has 0 saturated heterocycles. The molecular formula is C19H36O3. The standard InChI is InChI=1S/C17H32O.C2H4O2/c1-2-3-4-5-6-7-8-9-10-11-12-13-14-15-16-17-18;1-2(3)4/h5-8,18H,2-4,9-17H2,1H3;1H3,(H,3,4). The Kier molecular flexibility index (Phi) is 23.4. The van der Waals surface area contributed by atoms with Crippen molar-refractivity contribution in [2.75, 3.05) is 6.61 Å². The zero-order chi connectivity index (χ0) is 16.9. The Morgan fingerprint density at radius 3 is 1.68 bits per heavy atom. The highest BCUT2D eigenvalue weighted by Gasteiger charge is 1.90. The van der Waals surface area contributed by atoms with Gasteiger partial charge in [-0.1, -0.05) is 76.2 Å². The molecule has 0 fully saturated rings. The van der Waals surface area contributed by atoms with Crippen molar-refractivity contribution in [2.24, 2.45) is 0 Å². The Bertz CT molecular complexity index is 266. The highest BCUT2D eigenvalue weighted by atomic mass is 16.4. The number of unbranched alkanes of at least 4 members (excludes halogenated alkanes) is 9. The van der Waals surface area contributed by atoms with Crippen LogP contribution in [0.5, 0.6) is 0 Å². The van der Waals surface area contributed by atoms with Gasteiger partial charge in [0.15, 0.2) is 0 Å². The summed E-state index contributed by atoms with van der Waals surface area (Å²) >= 11 is 0. The molecular weight excluding hydrogens is 276 g/mol. The highest BCUT2D eigenvalue weighted by molar-refractivity contribution is 5.62. The smallest absolute Gasteiger partial charge is 0.300 e. The summed E-state index contributed by atoms with van der Waals surface area (Å²) in [6, 6.07) is 0. The summed E-state index contributed by atoms with van der Waals surface area (Å²) in [4.78, 5) is 9.00. The molecule has 0 spiro atoms. The third-order valence-electron chi connectivity index (χ3n) is 3.14. The van der Waals surface area contributed by atoms with E-state index in [9.17, 15) is 0 Å². The molecule has 0 heterocycles. The lowest BCUT2D eigenvalue weighted by Crippen LogP contribution is -1.83. The fourth-order valence-corrected chi connectivity index (χ4v) is 1.93. The maximum Gasteiger partial charge on any atom is 0.300 e. The van der Waals surface area contributed by atoms with Gasteiger partial charge in [0.2, 0.25) is 0 Å². The van der Waals surface area contributed by atoms with Crippen LogP contribution in [0, 0.1) is 0 Å². The van der Waals surface area contributed by atoms with E-state index in [0.717, 1.165) is 13.3 Å². The third kappa shape index (κ3) is 31.3. The van der Waals surface area contributed by atoms with Crippen molar-refractivity contribution in [1.82, 2.24) is 0 Å². The lowest BCUT2D eigenvalue weighted by Gasteiger charge is -1.99. The molecule has 3 nitrogen and oxygen atoms in total. The summed E-state index contributed by atoms with van der Waals surface area (Å²) in [7, 11) is 0. The van der Waals surface area contributed by atoms with Gasteiger partial charge in [-0.2, -0.15) is 0 Å². The van der Waals surface area contributed by atoms with Crippen LogP contribution in [0.15, 0.2) is 24.3 Å². The minimum absolute atomic E-state index is 0.358. The van der Waals surface area contributed by atoms with Crippen molar-refractivity contribution in [3.8, 4) is 0 Å². The van der Waals surface area contributed by atoms with Crippen LogP contribution in [0.2, 0.25) is 0 Å². The monoisotopic (exact) mass is 312 g/mol. The summed E-state index contributed by atoms with van der Waals surface area (Å²) < 4.78 is 0. The van der Waals surface area contributed by atoms with Gasteiger partial charge in [0, 0.05) is 13.5 Å².